The van der Waals surface area contributed by atoms with Crippen LogP contribution in [0.15, 0.2) is 66.7 Å². The minimum absolute atomic E-state index is 0.175. The molecule has 0 fully saturated rings. The third-order valence-electron chi connectivity index (χ3n) is 3.83. The Morgan fingerprint density at radius 1 is 0.960 bits per heavy atom. The summed E-state index contributed by atoms with van der Waals surface area (Å²) < 4.78 is 25.3. The molecule has 3 aromatic carbocycles. The molecule has 0 aliphatic rings. The van der Waals surface area contributed by atoms with Gasteiger partial charge in [-0.1, -0.05) is 48.5 Å². The zero-order chi connectivity index (χ0) is 17.6. The molecule has 0 bridgehead atoms. The van der Waals surface area contributed by atoms with Gasteiger partial charge in [0.05, 0.1) is 12.7 Å². The zero-order valence-corrected chi connectivity index (χ0v) is 13.7. The Labute approximate surface area is 145 Å². The Hall–Kier alpha value is -3.32. The molecule has 0 aliphatic heterocycles. The average molecular weight is 333 g/mol. The number of nitrogens with zero attached hydrogens (tertiary/aromatic N) is 1. The Bertz CT molecular complexity index is 917. The first-order valence-corrected chi connectivity index (χ1v) is 7.76. The normalized spacial score (nSPS) is 10.1. The maximum absolute atomic E-state index is 14.5. The van der Waals surface area contributed by atoms with Crippen molar-refractivity contribution in [2.24, 2.45) is 0 Å². The second kappa shape index (κ2) is 7.50. The van der Waals surface area contributed by atoms with Crippen LogP contribution >= 0.6 is 0 Å². The van der Waals surface area contributed by atoms with E-state index in [4.69, 9.17) is 9.47 Å². The molecule has 3 nitrogen and oxygen atoms in total. The Morgan fingerprint density at radius 3 is 2.48 bits per heavy atom. The summed E-state index contributed by atoms with van der Waals surface area (Å²) in [6.07, 6.45) is 0. The van der Waals surface area contributed by atoms with Crippen molar-refractivity contribution in [3.63, 3.8) is 0 Å². The smallest absolute Gasteiger partial charge is 0.172 e. The summed E-state index contributed by atoms with van der Waals surface area (Å²) in [4.78, 5) is 0. The molecule has 0 spiro atoms. The van der Waals surface area contributed by atoms with E-state index in [9.17, 15) is 9.65 Å². The fourth-order valence-electron chi connectivity index (χ4n) is 2.53. The highest BCUT2D eigenvalue weighted by molar-refractivity contribution is 5.69. The Kier molecular flexibility index (Phi) is 4.96. The van der Waals surface area contributed by atoms with Gasteiger partial charge < -0.3 is 9.47 Å². The monoisotopic (exact) mass is 333 g/mol. The summed E-state index contributed by atoms with van der Waals surface area (Å²) in [6.45, 7) is 0.333. The van der Waals surface area contributed by atoms with Crippen LogP contribution in [-0.4, -0.2) is 7.11 Å². The molecule has 0 saturated carbocycles. The van der Waals surface area contributed by atoms with Crippen molar-refractivity contribution < 1.29 is 13.9 Å². The Balaban J connectivity index is 1.94. The van der Waals surface area contributed by atoms with Crippen molar-refractivity contribution in [2.75, 3.05) is 7.11 Å². The quantitative estimate of drug-likeness (QED) is 0.663. The lowest BCUT2D eigenvalue weighted by Gasteiger charge is -2.12. The number of nitriles is 1. The fourth-order valence-corrected chi connectivity index (χ4v) is 2.53. The van der Waals surface area contributed by atoms with Crippen LogP contribution in [0.2, 0.25) is 0 Å². The lowest BCUT2D eigenvalue weighted by atomic mass is 10.0. The molecule has 0 heterocycles. The summed E-state index contributed by atoms with van der Waals surface area (Å²) >= 11 is 0. The van der Waals surface area contributed by atoms with E-state index in [0.717, 1.165) is 5.56 Å². The average Bonchev–Trinajstić information content (AvgIpc) is 2.67. The van der Waals surface area contributed by atoms with Gasteiger partial charge in [0, 0.05) is 5.56 Å². The molecule has 0 aromatic heterocycles. The zero-order valence-electron chi connectivity index (χ0n) is 13.7. The van der Waals surface area contributed by atoms with Gasteiger partial charge in [0.2, 0.25) is 0 Å². The molecule has 4 heteroatoms. The number of hydrogen-bond acceptors (Lipinski definition) is 3. The molecular weight excluding hydrogens is 317 g/mol. The van der Waals surface area contributed by atoms with E-state index >= 15 is 0 Å². The first kappa shape index (κ1) is 16.5. The van der Waals surface area contributed by atoms with Crippen LogP contribution < -0.4 is 9.47 Å². The van der Waals surface area contributed by atoms with E-state index in [1.54, 1.807) is 36.4 Å². The lowest BCUT2D eigenvalue weighted by molar-refractivity contribution is 0.305. The standard InChI is InChI=1S/C21H16FNO2/c1-24-19-9-5-8-18(21(19)22)16-10-11-17(13-23)20(12-16)25-14-15-6-3-2-4-7-15/h2-12H,14H2,1H3. The van der Waals surface area contributed by atoms with Crippen molar-refractivity contribution in [1.82, 2.24) is 0 Å². The molecule has 3 aromatic rings. The summed E-state index contributed by atoms with van der Waals surface area (Å²) in [5.74, 6) is 0.156. The van der Waals surface area contributed by atoms with Gasteiger partial charge in [-0.15, -0.1) is 0 Å². The molecule has 0 radical (unpaired) electrons. The van der Waals surface area contributed by atoms with Crippen LogP contribution in [0.5, 0.6) is 11.5 Å². The number of rotatable bonds is 5. The maximum Gasteiger partial charge on any atom is 0.172 e. The van der Waals surface area contributed by atoms with Gasteiger partial charge in [0.25, 0.3) is 0 Å². The molecule has 0 atom stereocenters. The molecule has 0 N–H and O–H groups in total. The third-order valence-corrected chi connectivity index (χ3v) is 3.83. The molecule has 0 amide bonds. The first-order valence-electron chi connectivity index (χ1n) is 7.76. The van der Waals surface area contributed by atoms with E-state index in [1.807, 2.05) is 30.3 Å². The van der Waals surface area contributed by atoms with Gasteiger partial charge in [-0.2, -0.15) is 5.26 Å². The Morgan fingerprint density at radius 2 is 1.76 bits per heavy atom. The van der Waals surface area contributed by atoms with Crippen LogP contribution in [-0.2, 0) is 6.61 Å². The highest BCUT2D eigenvalue weighted by atomic mass is 19.1. The van der Waals surface area contributed by atoms with Gasteiger partial charge >= 0.3 is 0 Å². The SMILES string of the molecule is COc1cccc(-c2ccc(C#N)c(OCc3ccccc3)c2)c1F. The van der Waals surface area contributed by atoms with Gasteiger partial charge in [-0.25, -0.2) is 4.39 Å². The van der Waals surface area contributed by atoms with Gasteiger partial charge in [-0.3, -0.25) is 0 Å². The largest absolute Gasteiger partial charge is 0.494 e. The number of halogens is 1. The second-order valence-corrected chi connectivity index (χ2v) is 5.42. The van der Waals surface area contributed by atoms with Gasteiger partial charge in [0.1, 0.15) is 18.4 Å². The van der Waals surface area contributed by atoms with Crippen LogP contribution in [0.3, 0.4) is 0 Å². The van der Waals surface area contributed by atoms with E-state index in [0.29, 0.717) is 29.0 Å². The third kappa shape index (κ3) is 3.61. The van der Waals surface area contributed by atoms with Crippen LogP contribution in [0.4, 0.5) is 4.39 Å². The minimum atomic E-state index is -0.441. The van der Waals surface area contributed by atoms with Crippen molar-refractivity contribution in [1.29, 1.82) is 5.26 Å². The lowest BCUT2D eigenvalue weighted by Crippen LogP contribution is -1.98. The van der Waals surface area contributed by atoms with Crippen molar-refractivity contribution >= 4 is 0 Å². The topological polar surface area (TPSA) is 42.2 Å². The predicted molar refractivity (Wildman–Crippen MR) is 93.9 cm³/mol. The highest BCUT2D eigenvalue weighted by Gasteiger charge is 2.13. The van der Waals surface area contributed by atoms with Crippen LogP contribution in [0, 0.1) is 17.1 Å². The summed E-state index contributed by atoms with van der Waals surface area (Å²) in [5, 5.41) is 9.29. The van der Waals surface area contributed by atoms with E-state index < -0.39 is 5.82 Å². The van der Waals surface area contributed by atoms with Crippen molar-refractivity contribution in [2.45, 2.75) is 6.61 Å². The van der Waals surface area contributed by atoms with Crippen molar-refractivity contribution in [3.05, 3.63) is 83.7 Å². The van der Waals surface area contributed by atoms with Crippen LogP contribution in [0.1, 0.15) is 11.1 Å². The molecule has 0 aliphatic carbocycles. The summed E-state index contributed by atoms with van der Waals surface area (Å²) in [7, 11) is 1.43. The van der Waals surface area contributed by atoms with Crippen molar-refractivity contribution in [3.8, 4) is 28.7 Å². The first-order chi connectivity index (χ1) is 12.2. The molecular formula is C21H16FNO2. The van der Waals surface area contributed by atoms with E-state index in [2.05, 4.69) is 6.07 Å². The number of hydrogen-bond donors (Lipinski definition) is 0. The summed E-state index contributed by atoms with van der Waals surface area (Å²) in [6, 6.07) is 21.7. The predicted octanol–water partition coefficient (Wildman–Crippen LogP) is 4.95. The van der Waals surface area contributed by atoms with E-state index in [1.165, 1.54) is 7.11 Å². The van der Waals surface area contributed by atoms with Gasteiger partial charge in [-0.05, 0) is 29.3 Å². The fraction of sp³-hybridized carbons (Fsp3) is 0.0952. The minimum Gasteiger partial charge on any atom is -0.494 e. The molecule has 0 saturated heterocycles. The summed E-state index contributed by atoms with van der Waals surface area (Å²) in [5.41, 5.74) is 2.42. The number of ether oxygens (including phenoxy) is 2. The van der Waals surface area contributed by atoms with Crippen LogP contribution in [0.25, 0.3) is 11.1 Å². The molecule has 124 valence electrons. The number of methoxy groups -OCH3 is 1. The van der Waals surface area contributed by atoms with Gasteiger partial charge in [0.15, 0.2) is 11.6 Å². The maximum atomic E-state index is 14.5. The molecule has 3 rings (SSSR count). The molecule has 25 heavy (non-hydrogen) atoms. The number of benzene rings is 3. The van der Waals surface area contributed by atoms with E-state index in [-0.39, 0.29) is 5.75 Å². The highest BCUT2D eigenvalue weighted by Crippen LogP contribution is 2.32. The molecule has 0 unspecified atom stereocenters. The second-order valence-electron chi connectivity index (χ2n) is 5.42.